The van der Waals surface area contributed by atoms with Gasteiger partial charge in [-0.1, -0.05) is 91.0 Å². The van der Waals surface area contributed by atoms with Crippen LogP contribution in [0.2, 0.25) is 0 Å². The van der Waals surface area contributed by atoms with E-state index < -0.39 is 0 Å². The Morgan fingerprint density at radius 3 is 1.85 bits per heavy atom. The standard InChI is InChI=1S/C35H20BrN3O/c36-30-17-16-25(18-26(30)21-37)35-38-32(24-14-8-3-9-15-24)34-33(39-35)29-19-27(22-10-4-1-5-11-22)28(20-31(29)40-34)23-12-6-2-7-13-23/h1-20H. The largest absolute Gasteiger partial charge is 0.452 e. The van der Waals surface area contributed by atoms with Gasteiger partial charge in [-0.25, -0.2) is 9.97 Å². The summed E-state index contributed by atoms with van der Waals surface area (Å²) in [4.78, 5) is 10.0. The molecular weight excluding hydrogens is 558 g/mol. The van der Waals surface area contributed by atoms with Crippen LogP contribution >= 0.6 is 15.9 Å². The van der Waals surface area contributed by atoms with Gasteiger partial charge in [-0.3, -0.25) is 0 Å². The van der Waals surface area contributed by atoms with Crippen molar-refractivity contribution >= 4 is 38.0 Å². The minimum absolute atomic E-state index is 0.526. The third-order valence-corrected chi connectivity index (χ3v) is 7.71. The molecule has 0 saturated heterocycles. The average molecular weight is 578 g/mol. The fourth-order valence-electron chi connectivity index (χ4n) is 5.07. The number of rotatable bonds is 4. The first-order valence-electron chi connectivity index (χ1n) is 12.8. The Bertz CT molecular complexity index is 2060. The summed E-state index contributed by atoms with van der Waals surface area (Å²) in [7, 11) is 0. The van der Waals surface area contributed by atoms with Gasteiger partial charge in [-0.05, 0) is 68.5 Å². The number of halogens is 1. The molecule has 0 aliphatic carbocycles. The molecule has 0 fully saturated rings. The summed E-state index contributed by atoms with van der Waals surface area (Å²) in [6, 6.07) is 42.8. The predicted molar refractivity (Wildman–Crippen MR) is 163 cm³/mol. The molecule has 0 bridgehead atoms. The van der Waals surface area contributed by atoms with Gasteiger partial charge < -0.3 is 4.42 Å². The lowest BCUT2D eigenvalue weighted by atomic mass is 9.93. The number of nitriles is 1. The second-order valence-electron chi connectivity index (χ2n) is 9.47. The summed E-state index contributed by atoms with van der Waals surface area (Å²) in [5.41, 5.74) is 9.43. The van der Waals surface area contributed by atoms with Crippen LogP contribution in [0.4, 0.5) is 0 Å². The second-order valence-corrected chi connectivity index (χ2v) is 10.3. The number of nitrogens with zero attached hydrogens (tertiary/aromatic N) is 3. The normalized spacial score (nSPS) is 11.1. The average Bonchev–Trinajstić information content (AvgIpc) is 3.39. The zero-order valence-electron chi connectivity index (χ0n) is 21.2. The molecule has 2 heterocycles. The van der Waals surface area contributed by atoms with Crippen LogP contribution in [0.25, 0.3) is 67.0 Å². The summed E-state index contributed by atoms with van der Waals surface area (Å²) in [6.07, 6.45) is 0. The maximum Gasteiger partial charge on any atom is 0.180 e. The zero-order valence-corrected chi connectivity index (χ0v) is 22.8. The van der Waals surface area contributed by atoms with E-state index in [9.17, 15) is 5.26 Å². The van der Waals surface area contributed by atoms with Crippen LogP contribution in [0.3, 0.4) is 0 Å². The summed E-state index contributed by atoms with van der Waals surface area (Å²) in [6.45, 7) is 0. The molecule has 0 atom stereocenters. The van der Waals surface area contributed by atoms with Crippen molar-refractivity contribution in [3.63, 3.8) is 0 Å². The Morgan fingerprint density at radius 2 is 1.23 bits per heavy atom. The molecule has 0 unspecified atom stereocenters. The number of furan rings is 1. The van der Waals surface area contributed by atoms with Gasteiger partial charge in [-0.2, -0.15) is 5.26 Å². The number of benzene rings is 5. The fourth-order valence-corrected chi connectivity index (χ4v) is 5.41. The number of hydrogen-bond donors (Lipinski definition) is 0. The molecule has 5 aromatic carbocycles. The topological polar surface area (TPSA) is 62.7 Å². The van der Waals surface area contributed by atoms with E-state index in [2.05, 4.69) is 70.5 Å². The summed E-state index contributed by atoms with van der Waals surface area (Å²) in [5, 5.41) is 10.5. The molecule has 0 aliphatic heterocycles. The highest BCUT2D eigenvalue weighted by Gasteiger charge is 2.21. The van der Waals surface area contributed by atoms with E-state index in [0.29, 0.717) is 22.7 Å². The SMILES string of the molecule is N#Cc1cc(-c2nc(-c3ccccc3)c3oc4cc(-c5ccccc5)c(-c5ccccc5)cc4c3n2)ccc1Br. The molecule has 0 saturated carbocycles. The third kappa shape index (κ3) is 4.16. The molecule has 0 radical (unpaired) electrons. The van der Waals surface area contributed by atoms with Crippen LogP contribution in [-0.4, -0.2) is 9.97 Å². The molecule has 0 aliphatic rings. The van der Waals surface area contributed by atoms with Crippen molar-refractivity contribution < 1.29 is 4.42 Å². The van der Waals surface area contributed by atoms with E-state index in [1.165, 1.54) is 0 Å². The molecule has 7 aromatic rings. The van der Waals surface area contributed by atoms with Crippen LogP contribution in [0.15, 0.2) is 130 Å². The monoisotopic (exact) mass is 577 g/mol. The molecule has 40 heavy (non-hydrogen) atoms. The maximum absolute atomic E-state index is 9.63. The Labute approximate surface area is 239 Å². The van der Waals surface area contributed by atoms with Crippen LogP contribution in [0.5, 0.6) is 0 Å². The number of hydrogen-bond acceptors (Lipinski definition) is 4. The van der Waals surface area contributed by atoms with Gasteiger partial charge in [0.1, 0.15) is 22.9 Å². The van der Waals surface area contributed by atoms with Crippen molar-refractivity contribution in [2.45, 2.75) is 0 Å². The van der Waals surface area contributed by atoms with Gasteiger partial charge in [-0.15, -0.1) is 0 Å². The molecule has 7 rings (SSSR count). The lowest BCUT2D eigenvalue weighted by Gasteiger charge is -2.11. The summed E-state index contributed by atoms with van der Waals surface area (Å²) in [5.74, 6) is 0.534. The summed E-state index contributed by atoms with van der Waals surface area (Å²) >= 11 is 3.46. The number of aromatic nitrogens is 2. The Kier molecular flexibility index (Phi) is 5.96. The molecule has 0 N–H and O–H groups in total. The van der Waals surface area contributed by atoms with Crippen molar-refractivity contribution in [1.29, 1.82) is 5.26 Å². The molecule has 2 aromatic heterocycles. The Morgan fingerprint density at radius 1 is 0.625 bits per heavy atom. The fraction of sp³-hybridized carbons (Fsp3) is 0. The van der Waals surface area contributed by atoms with E-state index in [1.54, 1.807) is 0 Å². The van der Waals surface area contributed by atoms with Gasteiger partial charge in [0.05, 0.1) is 5.56 Å². The first kappa shape index (κ1) is 24.0. The van der Waals surface area contributed by atoms with Crippen LogP contribution in [0, 0.1) is 11.3 Å². The van der Waals surface area contributed by atoms with Crippen molar-refractivity contribution in [3.05, 3.63) is 131 Å². The van der Waals surface area contributed by atoms with Gasteiger partial charge in [0.2, 0.25) is 0 Å². The Balaban J connectivity index is 1.57. The van der Waals surface area contributed by atoms with Gasteiger partial charge >= 0.3 is 0 Å². The summed E-state index contributed by atoms with van der Waals surface area (Å²) < 4.78 is 7.30. The lowest BCUT2D eigenvalue weighted by Crippen LogP contribution is -1.94. The van der Waals surface area contributed by atoms with Crippen molar-refractivity contribution in [2.75, 3.05) is 0 Å². The van der Waals surface area contributed by atoms with E-state index >= 15 is 0 Å². The molecular formula is C35H20BrN3O. The van der Waals surface area contributed by atoms with Crippen LogP contribution < -0.4 is 0 Å². The zero-order chi connectivity index (χ0) is 27.1. The first-order valence-corrected chi connectivity index (χ1v) is 13.6. The lowest BCUT2D eigenvalue weighted by molar-refractivity contribution is 0.667. The highest BCUT2D eigenvalue weighted by atomic mass is 79.9. The Hall–Kier alpha value is -5.05. The van der Waals surface area contributed by atoms with E-state index in [0.717, 1.165) is 54.3 Å². The van der Waals surface area contributed by atoms with Crippen molar-refractivity contribution in [1.82, 2.24) is 9.97 Å². The van der Waals surface area contributed by atoms with Gasteiger partial charge in [0, 0.05) is 21.0 Å². The molecule has 188 valence electrons. The highest BCUT2D eigenvalue weighted by molar-refractivity contribution is 9.10. The first-order chi connectivity index (χ1) is 19.7. The van der Waals surface area contributed by atoms with E-state index in [1.807, 2.05) is 72.8 Å². The molecule has 5 heteroatoms. The highest BCUT2D eigenvalue weighted by Crippen LogP contribution is 2.41. The minimum Gasteiger partial charge on any atom is -0.452 e. The van der Waals surface area contributed by atoms with E-state index in [-0.39, 0.29) is 0 Å². The quantitative estimate of drug-likeness (QED) is 0.209. The van der Waals surface area contributed by atoms with Crippen molar-refractivity contribution in [2.24, 2.45) is 0 Å². The predicted octanol–water partition coefficient (Wildman–Crippen LogP) is 9.68. The maximum atomic E-state index is 9.63. The van der Waals surface area contributed by atoms with Crippen molar-refractivity contribution in [3.8, 4) is 51.0 Å². The molecule has 0 amide bonds. The van der Waals surface area contributed by atoms with Crippen LogP contribution in [-0.2, 0) is 0 Å². The smallest absolute Gasteiger partial charge is 0.180 e. The number of fused-ring (bicyclic) bond motifs is 3. The van der Waals surface area contributed by atoms with Gasteiger partial charge in [0.15, 0.2) is 11.4 Å². The van der Waals surface area contributed by atoms with Gasteiger partial charge in [0.25, 0.3) is 0 Å². The van der Waals surface area contributed by atoms with E-state index in [4.69, 9.17) is 14.4 Å². The molecule has 4 nitrogen and oxygen atoms in total. The van der Waals surface area contributed by atoms with Crippen LogP contribution in [0.1, 0.15) is 5.56 Å². The molecule has 0 spiro atoms. The minimum atomic E-state index is 0.526. The third-order valence-electron chi connectivity index (χ3n) is 7.01. The second kappa shape index (κ2) is 9.92.